The van der Waals surface area contributed by atoms with Crippen molar-refractivity contribution in [1.82, 2.24) is 4.90 Å². The van der Waals surface area contributed by atoms with E-state index in [-0.39, 0.29) is 11.7 Å². The van der Waals surface area contributed by atoms with Crippen molar-refractivity contribution in [2.24, 2.45) is 11.7 Å². The molecule has 0 radical (unpaired) electrons. The SMILES string of the molecule is NC[C@H]1CCN(C(=O)c2ccc(-c3ccccc3O)cc2)C1. The van der Waals surface area contributed by atoms with Gasteiger partial charge in [0.1, 0.15) is 5.75 Å². The lowest BCUT2D eigenvalue weighted by atomic mass is 10.0. The molecule has 0 saturated carbocycles. The van der Waals surface area contributed by atoms with Crippen LogP contribution in [0.25, 0.3) is 11.1 Å². The van der Waals surface area contributed by atoms with Gasteiger partial charge in [0, 0.05) is 24.2 Å². The molecule has 2 aromatic carbocycles. The summed E-state index contributed by atoms with van der Waals surface area (Å²) in [7, 11) is 0. The number of phenolic OH excluding ortho intramolecular Hbond substituents is 1. The summed E-state index contributed by atoms with van der Waals surface area (Å²) < 4.78 is 0. The number of nitrogens with zero attached hydrogens (tertiary/aromatic N) is 1. The van der Waals surface area contributed by atoms with Gasteiger partial charge in [0.05, 0.1) is 0 Å². The number of benzene rings is 2. The molecule has 3 rings (SSSR count). The summed E-state index contributed by atoms with van der Waals surface area (Å²) in [4.78, 5) is 14.3. The molecule has 22 heavy (non-hydrogen) atoms. The van der Waals surface area contributed by atoms with Crippen molar-refractivity contribution < 1.29 is 9.90 Å². The number of aromatic hydroxyl groups is 1. The minimum absolute atomic E-state index is 0.0554. The van der Waals surface area contributed by atoms with E-state index in [4.69, 9.17) is 5.73 Å². The Kier molecular flexibility index (Phi) is 4.11. The van der Waals surface area contributed by atoms with E-state index >= 15 is 0 Å². The second-order valence-electron chi connectivity index (χ2n) is 5.74. The zero-order valence-electron chi connectivity index (χ0n) is 12.4. The number of likely N-dealkylation sites (tertiary alicyclic amines) is 1. The Bertz CT molecular complexity index is 667. The van der Waals surface area contributed by atoms with Crippen LogP contribution in [0.4, 0.5) is 0 Å². The second-order valence-corrected chi connectivity index (χ2v) is 5.74. The lowest BCUT2D eigenvalue weighted by Crippen LogP contribution is -2.29. The maximum Gasteiger partial charge on any atom is 0.253 e. The highest BCUT2D eigenvalue weighted by Gasteiger charge is 2.25. The van der Waals surface area contributed by atoms with E-state index in [1.165, 1.54) is 0 Å². The highest BCUT2D eigenvalue weighted by Crippen LogP contribution is 2.29. The molecule has 1 fully saturated rings. The monoisotopic (exact) mass is 296 g/mol. The van der Waals surface area contributed by atoms with E-state index < -0.39 is 0 Å². The normalized spacial score (nSPS) is 17.7. The maximum absolute atomic E-state index is 12.5. The Labute approximate surface area is 130 Å². The molecule has 0 spiro atoms. The van der Waals surface area contributed by atoms with E-state index in [1.54, 1.807) is 12.1 Å². The first kappa shape index (κ1) is 14.6. The molecule has 0 aromatic heterocycles. The summed E-state index contributed by atoms with van der Waals surface area (Å²) in [6.45, 7) is 2.16. The van der Waals surface area contributed by atoms with Crippen molar-refractivity contribution in [2.75, 3.05) is 19.6 Å². The van der Waals surface area contributed by atoms with Crippen LogP contribution in [0.15, 0.2) is 48.5 Å². The fourth-order valence-corrected chi connectivity index (χ4v) is 2.90. The number of phenols is 1. The summed E-state index contributed by atoms with van der Waals surface area (Å²) in [6, 6.07) is 14.6. The van der Waals surface area contributed by atoms with Gasteiger partial charge in [-0.25, -0.2) is 0 Å². The molecule has 1 heterocycles. The number of rotatable bonds is 3. The predicted octanol–water partition coefficient (Wildman–Crippen LogP) is 2.48. The zero-order valence-corrected chi connectivity index (χ0v) is 12.4. The van der Waals surface area contributed by atoms with E-state index in [0.29, 0.717) is 18.0 Å². The molecule has 1 saturated heterocycles. The number of para-hydroxylation sites is 1. The van der Waals surface area contributed by atoms with Crippen molar-refractivity contribution >= 4 is 5.91 Å². The Morgan fingerprint density at radius 1 is 1.18 bits per heavy atom. The average molecular weight is 296 g/mol. The van der Waals surface area contributed by atoms with Gasteiger partial charge in [-0.05, 0) is 42.6 Å². The molecule has 0 unspecified atom stereocenters. The molecule has 3 N–H and O–H groups in total. The van der Waals surface area contributed by atoms with Crippen LogP contribution in [0, 0.1) is 5.92 Å². The van der Waals surface area contributed by atoms with E-state index in [2.05, 4.69) is 0 Å². The van der Waals surface area contributed by atoms with Gasteiger partial charge in [0.25, 0.3) is 5.91 Å². The van der Waals surface area contributed by atoms with E-state index in [0.717, 1.165) is 30.6 Å². The Balaban J connectivity index is 1.77. The number of carbonyl (C=O) groups is 1. The van der Waals surface area contributed by atoms with Crippen LogP contribution in [0.5, 0.6) is 5.75 Å². The van der Waals surface area contributed by atoms with Crippen LogP contribution in [-0.4, -0.2) is 35.5 Å². The molecular formula is C18H20N2O2. The maximum atomic E-state index is 12.5. The van der Waals surface area contributed by atoms with Gasteiger partial charge in [0.2, 0.25) is 0 Å². The Hall–Kier alpha value is -2.33. The molecule has 4 nitrogen and oxygen atoms in total. The number of amides is 1. The van der Waals surface area contributed by atoms with Crippen LogP contribution in [0.1, 0.15) is 16.8 Å². The quantitative estimate of drug-likeness (QED) is 0.914. The smallest absolute Gasteiger partial charge is 0.253 e. The number of hydrogen-bond donors (Lipinski definition) is 2. The topological polar surface area (TPSA) is 66.6 Å². The lowest BCUT2D eigenvalue weighted by Gasteiger charge is -2.16. The first-order valence-electron chi connectivity index (χ1n) is 7.57. The standard InChI is InChI=1S/C18H20N2O2/c19-11-13-9-10-20(12-13)18(22)15-7-5-14(6-8-15)16-3-1-2-4-17(16)21/h1-8,13,21H,9-12,19H2/t13-/m1/s1. The largest absolute Gasteiger partial charge is 0.507 e. The third-order valence-corrected chi connectivity index (χ3v) is 4.25. The first-order chi connectivity index (χ1) is 10.7. The molecule has 0 aliphatic carbocycles. The predicted molar refractivity (Wildman–Crippen MR) is 86.6 cm³/mol. The summed E-state index contributed by atoms with van der Waals surface area (Å²) in [6.07, 6.45) is 0.984. The first-order valence-corrected chi connectivity index (χ1v) is 7.57. The molecular weight excluding hydrogens is 276 g/mol. The molecule has 4 heteroatoms. The van der Waals surface area contributed by atoms with Crippen LogP contribution in [-0.2, 0) is 0 Å². The minimum Gasteiger partial charge on any atom is -0.507 e. The minimum atomic E-state index is 0.0554. The number of hydrogen-bond acceptors (Lipinski definition) is 3. The third-order valence-electron chi connectivity index (χ3n) is 4.25. The number of nitrogens with two attached hydrogens (primary N) is 1. The van der Waals surface area contributed by atoms with Gasteiger partial charge in [-0.15, -0.1) is 0 Å². The van der Waals surface area contributed by atoms with Gasteiger partial charge in [-0.2, -0.15) is 0 Å². The van der Waals surface area contributed by atoms with Crippen LogP contribution < -0.4 is 5.73 Å². The lowest BCUT2D eigenvalue weighted by molar-refractivity contribution is 0.0787. The average Bonchev–Trinajstić information content (AvgIpc) is 3.04. The number of carbonyl (C=O) groups excluding carboxylic acids is 1. The second kappa shape index (κ2) is 6.20. The summed E-state index contributed by atoms with van der Waals surface area (Å²) >= 11 is 0. The third kappa shape index (κ3) is 2.83. The fraction of sp³-hybridized carbons (Fsp3) is 0.278. The van der Waals surface area contributed by atoms with Crippen molar-refractivity contribution in [3.8, 4) is 16.9 Å². The van der Waals surface area contributed by atoms with Gasteiger partial charge in [-0.3, -0.25) is 4.79 Å². The van der Waals surface area contributed by atoms with Crippen LogP contribution in [0.2, 0.25) is 0 Å². The molecule has 2 aromatic rings. The summed E-state index contributed by atoms with van der Waals surface area (Å²) in [5.41, 5.74) is 8.02. The van der Waals surface area contributed by atoms with Crippen LogP contribution in [0.3, 0.4) is 0 Å². The zero-order chi connectivity index (χ0) is 15.5. The Morgan fingerprint density at radius 3 is 2.55 bits per heavy atom. The summed E-state index contributed by atoms with van der Waals surface area (Å²) in [5, 5.41) is 9.88. The van der Waals surface area contributed by atoms with Crippen LogP contribution >= 0.6 is 0 Å². The van der Waals surface area contributed by atoms with Gasteiger partial charge >= 0.3 is 0 Å². The van der Waals surface area contributed by atoms with E-state index in [1.807, 2.05) is 41.3 Å². The molecule has 1 amide bonds. The van der Waals surface area contributed by atoms with Crippen molar-refractivity contribution in [2.45, 2.75) is 6.42 Å². The van der Waals surface area contributed by atoms with Gasteiger partial charge in [0.15, 0.2) is 0 Å². The van der Waals surface area contributed by atoms with Gasteiger partial charge in [-0.1, -0.05) is 30.3 Å². The Morgan fingerprint density at radius 2 is 1.91 bits per heavy atom. The fourth-order valence-electron chi connectivity index (χ4n) is 2.90. The molecule has 0 bridgehead atoms. The molecule has 1 aliphatic heterocycles. The van der Waals surface area contributed by atoms with E-state index in [9.17, 15) is 9.90 Å². The molecule has 1 atom stereocenters. The van der Waals surface area contributed by atoms with Gasteiger partial charge < -0.3 is 15.7 Å². The van der Waals surface area contributed by atoms with Crippen molar-refractivity contribution in [3.63, 3.8) is 0 Å². The highest BCUT2D eigenvalue weighted by atomic mass is 16.3. The van der Waals surface area contributed by atoms with Crippen molar-refractivity contribution in [1.29, 1.82) is 0 Å². The summed E-state index contributed by atoms with van der Waals surface area (Å²) in [5.74, 6) is 0.719. The molecule has 114 valence electrons. The molecule has 1 aliphatic rings. The highest BCUT2D eigenvalue weighted by molar-refractivity contribution is 5.95. The van der Waals surface area contributed by atoms with Crippen molar-refractivity contribution in [3.05, 3.63) is 54.1 Å².